The number of aryl methyl sites for hydroxylation is 1. The second-order valence-electron chi connectivity index (χ2n) is 4.98. The predicted molar refractivity (Wildman–Crippen MR) is 69.7 cm³/mol. The number of thiazole rings is 1. The van der Waals surface area contributed by atoms with E-state index < -0.39 is 0 Å². The predicted octanol–water partition coefficient (Wildman–Crippen LogP) is 3.15. The molecule has 2 rings (SSSR count). The molecule has 1 saturated carbocycles. The summed E-state index contributed by atoms with van der Waals surface area (Å²) in [5.41, 5.74) is 7.07. The molecule has 1 heterocycles. The SMILES string of the molecule is Cc1csc(CC2CCCCCC2CN)n1. The van der Waals surface area contributed by atoms with E-state index >= 15 is 0 Å². The van der Waals surface area contributed by atoms with Crippen molar-refractivity contribution in [2.75, 3.05) is 6.54 Å². The molecule has 0 saturated heterocycles. The van der Waals surface area contributed by atoms with Crippen molar-refractivity contribution >= 4 is 11.3 Å². The van der Waals surface area contributed by atoms with Crippen LogP contribution in [0.4, 0.5) is 0 Å². The van der Waals surface area contributed by atoms with Crippen LogP contribution in [0, 0.1) is 18.8 Å². The number of nitrogens with two attached hydrogens (primary N) is 1. The first-order valence-corrected chi connectivity index (χ1v) is 7.28. The second-order valence-corrected chi connectivity index (χ2v) is 5.92. The van der Waals surface area contributed by atoms with E-state index in [4.69, 9.17) is 5.73 Å². The molecule has 1 aromatic rings. The van der Waals surface area contributed by atoms with E-state index in [2.05, 4.69) is 17.3 Å². The quantitative estimate of drug-likeness (QED) is 0.822. The first-order valence-electron chi connectivity index (χ1n) is 6.40. The molecule has 3 heteroatoms. The minimum Gasteiger partial charge on any atom is -0.330 e. The van der Waals surface area contributed by atoms with Gasteiger partial charge in [-0.25, -0.2) is 4.98 Å². The maximum atomic E-state index is 5.90. The third kappa shape index (κ3) is 3.05. The van der Waals surface area contributed by atoms with Crippen LogP contribution in [-0.2, 0) is 6.42 Å². The molecule has 2 unspecified atom stereocenters. The van der Waals surface area contributed by atoms with E-state index in [1.54, 1.807) is 0 Å². The van der Waals surface area contributed by atoms with Crippen LogP contribution in [0.1, 0.15) is 42.8 Å². The summed E-state index contributed by atoms with van der Waals surface area (Å²) in [4.78, 5) is 4.58. The van der Waals surface area contributed by atoms with Crippen LogP contribution in [-0.4, -0.2) is 11.5 Å². The minimum atomic E-state index is 0.728. The van der Waals surface area contributed by atoms with Crippen LogP contribution in [0.15, 0.2) is 5.38 Å². The summed E-state index contributed by atoms with van der Waals surface area (Å²) in [6.07, 6.45) is 7.97. The van der Waals surface area contributed by atoms with Gasteiger partial charge in [0.25, 0.3) is 0 Å². The van der Waals surface area contributed by atoms with Crippen LogP contribution in [0.3, 0.4) is 0 Å². The van der Waals surface area contributed by atoms with Crippen LogP contribution >= 0.6 is 11.3 Å². The van der Waals surface area contributed by atoms with Crippen molar-refractivity contribution in [3.63, 3.8) is 0 Å². The number of aromatic nitrogens is 1. The van der Waals surface area contributed by atoms with Gasteiger partial charge in [-0.1, -0.05) is 19.3 Å². The van der Waals surface area contributed by atoms with Gasteiger partial charge in [-0.05, 0) is 38.1 Å². The van der Waals surface area contributed by atoms with Crippen molar-refractivity contribution in [3.8, 4) is 0 Å². The molecule has 1 aliphatic carbocycles. The monoisotopic (exact) mass is 238 g/mol. The van der Waals surface area contributed by atoms with Gasteiger partial charge in [-0.2, -0.15) is 0 Å². The average Bonchev–Trinajstić information content (AvgIpc) is 2.56. The highest BCUT2D eigenvalue weighted by molar-refractivity contribution is 7.09. The summed E-state index contributed by atoms with van der Waals surface area (Å²) >= 11 is 1.81. The standard InChI is InChI=1S/C13H22N2S/c1-10-9-16-13(15-10)7-11-5-3-2-4-6-12(11)8-14/h9,11-12H,2-8,14H2,1H3. The molecule has 1 aliphatic rings. The lowest BCUT2D eigenvalue weighted by molar-refractivity contribution is 0.318. The lowest BCUT2D eigenvalue weighted by Gasteiger charge is -2.22. The molecule has 1 aromatic heterocycles. The Bertz CT molecular complexity index is 321. The molecule has 90 valence electrons. The molecule has 0 aromatic carbocycles. The highest BCUT2D eigenvalue weighted by atomic mass is 32.1. The third-order valence-corrected chi connectivity index (χ3v) is 4.71. The smallest absolute Gasteiger partial charge is 0.0930 e. The number of rotatable bonds is 3. The lowest BCUT2D eigenvalue weighted by atomic mass is 9.86. The van der Waals surface area contributed by atoms with Gasteiger partial charge in [-0.3, -0.25) is 0 Å². The lowest BCUT2D eigenvalue weighted by Crippen LogP contribution is -2.24. The van der Waals surface area contributed by atoms with E-state index in [1.807, 2.05) is 11.3 Å². The summed E-state index contributed by atoms with van der Waals surface area (Å²) < 4.78 is 0. The second kappa shape index (κ2) is 5.78. The minimum absolute atomic E-state index is 0.728. The van der Waals surface area contributed by atoms with E-state index in [0.29, 0.717) is 0 Å². The van der Waals surface area contributed by atoms with Crippen LogP contribution < -0.4 is 5.73 Å². The molecule has 1 fully saturated rings. The topological polar surface area (TPSA) is 38.9 Å². The van der Waals surface area contributed by atoms with Crippen LogP contribution in [0.25, 0.3) is 0 Å². The zero-order chi connectivity index (χ0) is 11.4. The molecular weight excluding hydrogens is 216 g/mol. The molecule has 0 aliphatic heterocycles. The van der Waals surface area contributed by atoms with Crippen LogP contribution in [0.2, 0.25) is 0 Å². The first kappa shape index (κ1) is 12.1. The normalized spacial score (nSPS) is 26.6. The fourth-order valence-corrected chi connectivity index (χ4v) is 3.63. The Balaban J connectivity index is 1.99. The highest BCUT2D eigenvalue weighted by Gasteiger charge is 2.23. The van der Waals surface area contributed by atoms with Gasteiger partial charge in [0.2, 0.25) is 0 Å². The first-order chi connectivity index (χ1) is 7.79. The maximum absolute atomic E-state index is 5.90. The van der Waals surface area contributed by atoms with Crippen molar-refractivity contribution in [1.82, 2.24) is 4.98 Å². The molecular formula is C13H22N2S. The Kier molecular flexibility index (Phi) is 4.36. The number of nitrogens with zero attached hydrogens (tertiary/aromatic N) is 1. The fourth-order valence-electron chi connectivity index (χ4n) is 2.76. The maximum Gasteiger partial charge on any atom is 0.0930 e. The zero-order valence-corrected chi connectivity index (χ0v) is 10.9. The molecule has 16 heavy (non-hydrogen) atoms. The molecule has 2 nitrogen and oxygen atoms in total. The van der Waals surface area contributed by atoms with Crippen molar-refractivity contribution in [3.05, 3.63) is 16.1 Å². The Labute approximate surface area is 102 Å². The Morgan fingerprint density at radius 1 is 1.31 bits per heavy atom. The van der Waals surface area contributed by atoms with Crippen LogP contribution in [0.5, 0.6) is 0 Å². The van der Waals surface area contributed by atoms with Gasteiger partial charge < -0.3 is 5.73 Å². The zero-order valence-electron chi connectivity index (χ0n) is 10.1. The van der Waals surface area contributed by atoms with E-state index in [1.165, 1.54) is 37.1 Å². The fraction of sp³-hybridized carbons (Fsp3) is 0.769. The Morgan fingerprint density at radius 2 is 2.06 bits per heavy atom. The van der Waals surface area contributed by atoms with E-state index in [9.17, 15) is 0 Å². The Hall–Kier alpha value is -0.410. The van der Waals surface area contributed by atoms with E-state index in [0.717, 1.165) is 30.5 Å². The summed E-state index contributed by atoms with van der Waals surface area (Å²) in [5, 5.41) is 3.46. The van der Waals surface area contributed by atoms with Crippen molar-refractivity contribution < 1.29 is 0 Å². The largest absolute Gasteiger partial charge is 0.330 e. The highest BCUT2D eigenvalue weighted by Crippen LogP contribution is 2.31. The molecule has 0 amide bonds. The van der Waals surface area contributed by atoms with Gasteiger partial charge >= 0.3 is 0 Å². The average molecular weight is 238 g/mol. The van der Waals surface area contributed by atoms with Gasteiger partial charge in [0.15, 0.2) is 0 Å². The molecule has 2 N–H and O–H groups in total. The third-order valence-electron chi connectivity index (χ3n) is 3.72. The molecule has 0 radical (unpaired) electrons. The number of hydrogen-bond acceptors (Lipinski definition) is 3. The summed E-state index contributed by atoms with van der Waals surface area (Å²) in [7, 11) is 0. The van der Waals surface area contributed by atoms with Crippen molar-refractivity contribution in [2.45, 2.75) is 45.4 Å². The summed E-state index contributed by atoms with van der Waals surface area (Å²) in [5.74, 6) is 1.50. The van der Waals surface area contributed by atoms with Crippen molar-refractivity contribution in [1.29, 1.82) is 0 Å². The molecule has 0 spiro atoms. The molecule has 2 atom stereocenters. The molecule has 0 bridgehead atoms. The summed E-state index contributed by atoms with van der Waals surface area (Å²) in [6, 6.07) is 0. The summed E-state index contributed by atoms with van der Waals surface area (Å²) in [6.45, 7) is 2.93. The van der Waals surface area contributed by atoms with Gasteiger partial charge in [0.1, 0.15) is 0 Å². The van der Waals surface area contributed by atoms with Gasteiger partial charge in [-0.15, -0.1) is 11.3 Å². The van der Waals surface area contributed by atoms with Gasteiger partial charge in [0, 0.05) is 17.5 Å². The Morgan fingerprint density at radius 3 is 2.69 bits per heavy atom. The van der Waals surface area contributed by atoms with E-state index in [-0.39, 0.29) is 0 Å². The van der Waals surface area contributed by atoms with Crippen molar-refractivity contribution in [2.24, 2.45) is 17.6 Å². The van der Waals surface area contributed by atoms with Gasteiger partial charge in [0.05, 0.1) is 5.01 Å². The number of hydrogen-bond donors (Lipinski definition) is 1.